The normalized spacial score (nSPS) is 17.0. The van der Waals surface area contributed by atoms with Crippen molar-refractivity contribution in [1.82, 2.24) is 19.7 Å². The van der Waals surface area contributed by atoms with Gasteiger partial charge in [0.25, 0.3) is 0 Å². The quantitative estimate of drug-likeness (QED) is 0.682. The highest BCUT2D eigenvalue weighted by molar-refractivity contribution is 9.10. The molecule has 0 aliphatic carbocycles. The van der Waals surface area contributed by atoms with Gasteiger partial charge < -0.3 is 10.2 Å². The number of hydrogen-bond acceptors (Lipinski definition) is 3. The Kier molecular flexibility index (Phi) is 4.31. The first kappa shape index (κ1) is 16.9. The summed E-state index contributed by atoms with van der Waals surface area (Å²) in [6.45, 7) is 0.442. The summed E-state index contributed by atoms with van der Waals surface area (Å²) in [5.41, 5.74) is 1.07. The van der Waals surface area contributed by atoms with Crippen molar-refractivity contribution < 1.29 is 13.6 Å². The van der Waals surface area contributed by atoms with E-state index in [0.29, 0.717) is 24.3 Å². The van der Waals surface area contributed by atoms with E-state index in [4.69, 9.17) is 0 Å². The summed E-state index contributed by atoms with van der Waals surface area (Å²) in [6, 6.07) is 5.62. The molecule has 1 aliphatic rings. The maximum atomic E-state index is 14.3. The summed E-state index contributed by atoms with van der Waals surface area (Å²) in [5.74, 6) is -0.486. The highest BCUT2D eigenvalue weighted by Crippen LogP contribution is 2.23. The Morgan fingerprint density at radius 1 is 1.35 bits per heavy atom. The third kappa shape index (κ3) is 3.26. The number of likely N-dealkylation sites (tertiary alicyclic amines) is 1. The monoisotopic (exact) mass is 421 g/mol. The zero-order chi connectivity index (χ0) is 18.3. The van der Waals surface area contributed by atoms with Crippen LogP contribution in [0.15, 0.2) is 41.1 Å². The number of aromatic nitrogens is 3. The molecule has 26 heavy (non-hydrogen) atoms. The van der Waals surface area contributed by atoms with E-state index < -0.39 is 18.0 Å². The van der Waals surface area contributed by atoms with Gasteiger partial charge in [-0.15, -0.1) is 5.10 Å². The van der Waals surface area contributed by atoms with Gasteiger partial charge in [0.1, 0.15) is 17.7 Å². The van der Waals surface area contributed by atoms with E-state index in [1.54, 1.807) is 12.4 Å². The maximum absolute atomic E-state index is 14.3. The molecule has 0 bridgehead atoms. The van der Waals surface area contributed by atoms with Crippen LogP contribution in [0.1, 0.15) is 6.42 Å². The standard InChI is InChI=1S/C17H14BrF2N5O/c18-11-5-10-8-25(23-16(10)21-7-11)15-6-13(1-2-14(15)20)22-17(26)24-4-3-12(19)9-24/h1-2,5-8,12H,3-4,9H2,(H,22,26). The first-order valence-corrected chi connectivity index (χ1v) is 8.80. The van der Waals surface area contributed by atoms with E-state index in [-0.39, 0.29) is 12.2 Å². The SMILES string of the molecule is O=C(Nc1ccc(F)c(-n2cc3cc(Br)cnc3n2)c1)N1CCC(F)C1. The summed E-state index contributed by atoms with van der Waals surface area (Å²) in [6.07, 6.45) is 2.62. The Bertz CT molecular complexity index is 992. The van der Waals surface area contributed by atoms with Crippen LogP contribution in [0.4, 0.5) is 19.3 Å². The molecule has 1 aromatic carbocycles. The van der Waals surface area contributed by atoms with Crippen LogP contribution in [-0.2, 0) is 0 Å². The minimum atomic E-state index is -0.993. The minimum absolute atomic E-state index is 0.0744. The van der Waals surface area contributed by atoms with E-state index in [0.717, 1.165) is 9.86 Å². The van der Waals surface area contributed by atoms with Gasteiger partial charge in [0.2, 0.25) is 0 Å². The Morgan fingerprint density at radius 3 is 2.96 bits per heavy atom. The van der Waals surface area contributed by atoms with E-state index in [9.17, 15) is 13.6 Å². The second-order valence-corrected chi connectivity index (χ2v) is 6.98. The Labute approximate surface area is 155 Å². The van der Waals surface area contributed by atoms with E-state index in [2.05, 4.69) is 31.3 Å². The molecule has 0 saturated carbocycles. The number of fused-ring (bicyclic) bond motifs is 1. The lowest BCUT2D eigenvalue weighted by atomic mass is 10.2. The third-order valence-corrected chi connectivity index (χ3v) is 4.62. The minimum Gasteiger partial charge on any atom is -0.322 e. The number of rotatable bonds is 2. The molecule has 3 heterocycles. The van der Waals surface area contributed by atoms with Gasteiger partial charge in [0.05, 0.1) is 6.54 Å². The fourth-order valence-electron chi connectivity index (χ4n) is 2.88. The first-order valence-electron chi connectivity index (χ1n) is 8.00. The van der Waals surface area contributed by atoms with Crippen molar-refractivity contribution in [3.63, 3.8) is 0 Å². The average Bonchev–Trinajstić information content (AvgIpc) is 3.22. The lowest BCUT2D eigenvalue weighted by Crippen LogP contribution is -2.33. The lowest BCUT2D eigenvalue weighted by Gasteiger charge is -2.16. The summed E-state index contributed by atoms with van der Waals surface area (Å²) in [7, 11) is 0. The Balaban J connectivity index is 1.62. The third-order valence-electron chi connectivity index (χ3n) is 4.19. The topological polar surface area (TPSA) is 63.1 Å². The van der Waals surface area contributed by atoms with Crippen molar-refractivity contribution in [3.05, 3.63) is 46.9 Å². The molecule has 1 aliphatic heterocycles. The smallest absolute Gasteiger partial charge is 0.321 e. The fraction of sp³-hybridized carbons (Fsp3) is 0.235. The number of halogens is 3. The van der Waals surface area contributed by atoms with E-state index >= 15 is 0 Å². The molecule has 6 nitrogen and oxygen atoms in total. The molecule has 9 heteroatoms. The van der Waals surface area contributed by atoms with Crippen molar-refractivity contribution in [2.24, 2.45) is 0 Å². The van der Waals surface area contributed by atoms with Crippen LogP contribution in [-0.4, -0.2) is 45.0 Å². The van der Waals surface area contributed by atoms with Crippen LogP contribution in [0.25, 0.3) is 16.7 Å². The second kappa shape index (κ2) is 6.64. The zero-order valence-corrected chi connectivity index (χ0v) is 15.1. The summed E-state index contributed by atoms with van der Waals surface area (Å²) in [5, 5.41) is 7.69. The zero-order valence-electron chi connectivity index (χ0n) is 13.5. The average molecular weight is 422 g/mol. The van der Waals surface area contributed by atoms with E-state index in [1.807, 2.05) is 6.07 Å². The predicted octanol–water partition coefficient (Wildman–Crippen LogP) is 3.90. The van der Waals surface area contributed by atoms with Crippen molar-refractivity contribution in [2.45, 2.75) is 12.6 Å². The number of alkyl halides is 1. The van der Waals surface area contributed by atoms with Crippen molar-refractivity contribution in [2.75, 3.05) is 18.4 Å². The molecule has 0 spiro atoms. The summed E-state index contributed by atoms with van der Waals surface area (Å²) in [4.78, 5) is 17.8. The number of pyridine rings is 1. The van der Waals surface area contributed by atoms with Gasteiger partial charge in [-0.05, 0) is 46.6 Å². The van der Waals surface area contributed by atoms with Crippen LogP contribution in [0, 0.1) is 5.82 Å². The highest BCUT2D eigenvalue weighted by atomic mass is 79.9. The molecule has 1 saturated heterocycles. The van der Waals surface area contributed by atoms with E-state index in [1.165, 1.54) is 27.8 Å². The van der Waals surface area contributed by atoms with Gasteiger partial charge >= 0.3 is 6.03 Å². The number of urea groups is 1. The van der Waals surface area contributed by atoms with Gasteiger partial charge in [-0.3, -0.25) is 0 Å². The first-order chi connectivity index (χ1) is 12.5. The van der Waals surface area contributed by atoms with Crippen LogP contribution < -0.4 is 5.32 Å². The number of carbonyl (C=O) groups excluding carboxylic acids is 1. The molecule has 2 amide bonds. The fourth-order valence-corrected chi connectivity index (χ4v) is 3.23. The van der Waals surface area contributed by atoms with Crippen LogP contribution in [0.5, 0.6) is 0 Å². The lowest BCUT2D eigenvalue weighted by molar-refractivity contribution is 0.218. The van der Waals surface area contributed by atoms with Crippen molar-refractivity contribution in [1.29, 1.82) is 0 Å². The number of nitrogens with one attached hydrogen (secondary N) is 1. The molecule has 1 fully saturated rings. The van der Waals surface area contributed by atoms with Gasteiger partial charge in [0, 0.05) is 34.5 Å². The Morgan fingerprint density at radius 2 is 2.19 bits per heavy atom. The van der Waals surface area contributed by atoms with Gasteiger partial charge in [-0.1, -0.05) is 0 Å². The molecule has 0 radical (unpaired) electrons. The number of carbonyl (C=O) groups is 1. The summed E-state index contributed by atoms with van der Waals surface area (Å²) >= 11 is 3.34. The number of nitrogens with zero attached hydrogens (tertiary/aromatic N) is 4. The molecule has 2 aromatic heterocycles. The molecule has 1 N–H and O–H groups in total. The number of anilines is 1. The molecule has 3 aromatic rings. The van der Waals surface area contributed by atoms with Crippen LogP contribution in [0.3, 0.4) is 0 Å². The maximum Gasteiger partial charge on any atom is 0.321 e. The molecule has 4 rings (SSSR count). The number of benzene rings is 1. The highest BCUT2D eigenvalue weighted by Gasteiger charge is 2.26. The van der Waals surface area contributed by atoms with Gasteiger partial charge in [0.15, 0.2) is 5.65 Å². The van der Waals surface area contributed by atoms with Crippen LogP contribution in [0.2, 0.25) is 0 Å². The van der Waals surface area contributed by atoms with Crippen molar-refractivity contribution in [3.8, 4) is 5.69 Å². The second-order valence-electron chi connectivity index (χ2n) is 6.07. The molecule has 1 unspecified atom stereocenters. The predicted molar refractivity (Wildman–Crippen MR) is 96.6 cm³/mol. The van der Waals surface area contributed by atoms with Crippen molar-refractivity contribution >= 4 is 38.7 Å². The van der Waals surface area contributed by atoms with Gasteiger partial charge in [-0.25, -0.2) is 23.2 Å². The largest absolute Gasteiger partial charge is 0.322 e. The number of hydrogen-bond donors (Lipinski definition) is 1. The molecule has 134 valence electrons. The molecular formula is C17H14BrF2N5O. The Hall–Kier alpha value is -2.55. The molecular weight excluding hydrogens is 408 g/mol. The van der Waals surface area contributed by atoms with Crippen LogP contribution >= 0.6 is 15.9 Å². The number of amides is 2. The van der Waals surface area contributed by atoms with Gasteiger partial charge in [-0.2, -0.15) is 0 Å². The summed E-state index contributed by atoms with van der Waals surface area (Å²) < 4.78 is 29.7. The molecule has 1 atom stereocenters.